The van der Waals surface area contributed by atoms with Gasteiger partial charge in [-0.1, -0.05) is 5.16 Å². The van der Waals surface area contributed by atoms with Gasteiger partial charge in [-0.2, -0.15) is 4.98 Å². The van der Waals surface area contributed by atoms with Crippen LogP contribution in [0, 0.1) is 26.7 Å². The summed E-state index contributed by atoms with van der Waals surface area (Å²) in [5, 5.41) is 3.99. The molecule has 1 unspecified atom stereocenters. The maximum atomic E-state index is 6.06. The summed E-state index contributed by atoms with van der Waals surface area (Å²) in [5.74, 6) is 3.32. The summed E-state index contributed by atoms with van der Waals surface area (Å²) in [6, 6.07) is -0.101. The lowest BCUT2D eigenvalue weighted by atomic mass is 10.1. The van der Waals surface area contributed by atoms with Crippen LogP contribution in [0.5, 0.6) is 0 Å². The summed E-state index contributed by atoms with van der Waals surface area (Å²) in [6.07, 6.45) is 2.32. The molecule has 0 amide bonds. The number of hydrogen-bond donors (Lipinski definition) is 1. The molecule has 2 N–H and O–H groups in total. The highest BCUT2D eigenvalue weighted by molar-refractivity contribution is 5.61. The molecular weight excluding hydrogens is 230 g/mol. The van der Waals surface area contributed by atoms with Crippen LogP contribution in [0.25, 0.3) is 11.5 Å². The molecule has 18 heavy (non-hydrogen) atoms. The van der Waals surface area contributed by atoms with Gasteiger partial charge >= 0.3 is 0 Å². The zero-order valence-electron chi connectivity index (χ0n) is 10.9. The molecule has 0 radical (unpaired) electrons. The van der Waals surface area contributed by atoms with Crippen molar-refractivity contribution < 1.29 is 8.94 Å². The molecule has 0 spiro atoms. The molecule has 3 rings (SSSR count). The lowest BCUT2D eigenvalue weighted by Gasteiger charge is -2.01. The predicted octanol–water partition coefficient (Wildman–Crippen LogP) is 2.66. The van der Waals surface area contributed by atoms with Crippen molar-refractivity contribution in [2.75, 3.05) is 0 Å². The summed E-state index contributed by atoms with van der Waals surface area (Å²) in [4.78, 5) is 4.41. The number of aryl methyl sites for hydroxylation is 2. The SMILES string of the molecule is Cc1oc(C)c(-c2nc(C(N)C3CC3)no2)c1C. The zero-order chi connectivity index (χ0) is 12.9. The van der Waals surface area contributed by atoms with E-state index in [2.05, 4.69) is 10.1 Å². The van der Waals surface area contributed by atoms with Gasteiger partial charge in [0.2, 0.25) is 0 Å². The van der Waals surface area contributed by atoms with E-state index in [1.807, 2.05) is 20.8 Å². The zero-order valence-corrected chi connectivity index (χ0v) is 10.9. The minimum Gasteiger partial charge on any atom is -0.466 e. The smallest absolute Gasteiger partial charge is 0.261 e. The topological polar surface area (TPSA) is 78.1 Å². The van der Waals surface area contributed by atoms with Gasteiger partial charge in [0.15, 0.2) is 5.82 Å². The van der Waals surface area contributed by atoms with E-state index >= 15 is 0 Å². The van der Waals surface area contributed by atoms with E-state index in [9.17, 15) is 0 Å². The Kier molecular flexibility index (Phi) is 2.52. The fourth-order valence-electron chi connectivity index (χ4n) is 2.25. The van der Waals surface area contributed by atoms with Crippen LogP contribution in [-0.2, 0) is 0 Å². The van der Waals surface area contributed by atoms with Crippen LogP contribution in [0.15, 0.2) is 8.94 Å². The van der Waals surface area contributed by atoms with Gasteiger partial charge in [0.25, 0.3) is 5.89 Å². The Balaban J connectivity index is 1.97. The average molecular weight is 247 g/mol. The Bertz CT molecular complexity index is 581. The van der Waals surface area contributed by atoms with E-state index in [0.29, 0.717) is 17.6 Å². The molecule has 1 atom stereocenters. The van der Waals surface area contributed by atoms with Crippen LogP contribution < -0.4 is 5.73 Å². The van der Waals surface area contributed by atoms with Crippen molar-refractivity contribution in [3.8, 4) is 11.5 Å². The van der Waals surface area contributed by atoms with Crippen LogP contribution in [-0.4, -0.2) is 10.1 Å². The summed E-state index contributed by atoms with van der Waals surface area (Å²) in [6.45, 7) is 5.82. The van der Waals surface area contributed by atoms with Gasteiger partial charge < -0.3 is 14.7 Å². The van der Waals surface area contributed by atoms with E-state index in [1.54, 1.807) is 0 Å². The van der Waals surface area contributed by atoms with Crippen molar-refractivity contribution in [1.82, 2.24) is 10.1 Å². The third-order valence-corrected chi connectivity index (χ3v) is 3.64. The van der Waals surface area contributed by atoms with Crippen LogP contribution >= 0.6 is 0 Å². The number of furan rings is 1. The Labute approximate surface area is 105 Å². The first-order chi connectivity index (χ1) is 8.58. The second kappa shape index (κ2) is 3.95. The van der Waals surface area contributed by atoms with Gasteiger partial charge in [0.1, 0.15) is 11.5 Å². The summed E-state index contributed by atoms with van der Waals surface area (Å²) >= 11 is 0. The summed E-state index contributed by atoms with van der Waals surface area (Å²) in [5.41, 5.74) is 8.01. The fraction of sp³-hybridized carbons (Fsp3) is 0.538. The fourth-order valence-corrected chi connectivity index (χ4v) is 2.25. The van der Waals surface area contributed by atoms with Crippen molar-refractivity contribution in [3.63, 3.8) is 0 Å². The first kappa shape index (κ1) is 11.5. The monoisotopic (exact) mass is 247 g/mol. The predicted molar refractivity (Wildman–Crippen MR) is 65.9 cm³/mol. The Morgan fingerprint density at radius 1 is 1.22 bits per heavy atom. The number of nitrogens with two attached hydrogens (primary N) is 1. The van der Waals surface area contributed by atoms with Gasteiger partial charge in [-0.15, -0.1) is 0 Å². The highest BCUT2D eigenvalue weighted by Crippen LogP contribution is 2.39. The Hall–Kier alpha value is -1.62. The minimum absolute atomic E-state index is 0.101. The maximum absolute atomic E-state index is 6.06. The number of aromatic nitrogens is 2. The third-order valence-electron chi connectivity index (χ3n) is 3.64. The highest BCUT2D eigenvalue weighted by Gasteiger charge is 2.33. The average Bonchev–Trinajstić information content (AvgIpc) is 3.02. The number of hydrogen-bond acceptors (Lipinski definition) is 5. The van der Waals surface area contributed by atoms with Crippen molar-refractivity contribution >= 4 is 0 Å². The number of rotatable bonds is 3. The van der Waals surface area contributed by atoms with E-state index in [4.69, 9.17) is 14.7 Å². The van der Waals surface area contributed by atoms with Crippen LogP contribution in [0.4, 0.5) is 0 Å². The van der Waals surface area contributed by atoms with E-state index < -0.39 is 0 Å². The summed E-state index contributed by atoms with van der Waals surface area (Å²) < 4.78 is 10.9. The molecule has 0 aliphatic heterocycles. The largest absolute Gasteiger partial charge is 0.466 e. The molecule has 1 fully saturated rings. The maximum Gasteiger partial charge on any atom is 0.261 e. The van der Waals surface area contributed by atoms with Gasteiger partial charge in [-0.05, 0) is 39.5 Å². The van der Waals surface area contributed by atoms with Gasteiger partial charge in [-0.25, -0.2) is 0 Å². The van der Waals surface area contributed by atoms with Crippen molar-refractivity contribution in [2.24, 2.45) is 11.7 Å². The van der Waals surface area contributed by atoms with E-state index in [1.165, 1.54) is 0 Å². The van der Waals surface area contributed by atoms with Crippen LogP contribution in [0.1, 0.15) is 41.8 Å². The van der Waals surface area contributed by atoms with Crippen LogP contribution in [0.3, 0.4) is 0 Å². The molecule has 96 valence electrons. The first-order valence-electron chi connectivity index (χ1n) is 6.24. The molecule has 5 heteroatoms. The van der Waals surface area contributed by atoms with Crippen molar-refractivity contribution in [3.05, 3.63) is 22.9 Å². The molecule has 2 aromatic rings. The molecule has 1 saturated carbocycles. The van der Waals surface area contributed by atoms with E-state index in [-0.39, 0.29) is 6.04 Å². The normalized spacial score (nSPS) is 17.1. The molecule has 0 saturated heterocycles. The Morgan fingerprint density at radius 2 is 1.94 bits per heavy atom. The van der Waals surface area contributed by atoms with E-state index in [0.717, 1.165) is 35.5 Å². The van der Waals surface area contributed by atoms with Gasteiger partial charge in [0.05, 0.1) is 11.6 Å². The standard InChI is InChI=1S/C13H17N3O2/c1-6-7(2)17-8(3)10(6)13-15-12(16-18-13)11(14)9-4-5-9/h9,11H,4-5,14H2,1-3H3. The summed E-state index contributed by atoms with van der Waals surface area (Å²) in [7, 11) is 0. The van der Waals surface area contributed by atoms with Crippen molar-refractivity contribution in [1.29, 1.82) is 0 Å². The molecule has 1 aliphatic rings. The Morgan fingerprint density at radius 3 is 2.50 bits per heavy atom. The lowest BCUT2D eigenvalue weighted by molar-refractivity contribution is 0.410. The number of nitrogens with zero attached hydrogens (tertiary/aromatic N) is 2. The second-order valence-corrected chi connectivity index (χ2v) is 5.04. The lowest BCUT2D eigenvalue weighted by Crippen LogP contribution is -2.13. The quantitative estimate of drug-likeness (QED) is 0.902. The van der Waals surface area contributed by atoms with Crippen molar-refractivity contribution in [2.45, 2.75) is 39.7 Å². The first-order valence-corrected chi connectivity index (χ1v) is 6.24. The molecule has 5 nitrogen and oxygen atoms in total. The van der Waals surface area contributed by atoms with Crippen LogP contribution in [0.2, 0.25) is 0 Å². The molecule has 0 bridgehead atoms. The third kappa shape index (κ3) is 1.75. The minimum atomic E-state index is -0.101. The van der Waals surface area contributed by atoms with Gasteiger partial charge in [0, 0.05) is 5.56 Å². The second-order valence-electron chi connectivity index (χ2n) is 5.04. The molecular formula is C13H17N3O2. The van der Waals surface area contributed by atoms with Gasteiger partial charge in [-0.3, -0.25) is 0 Å². The molecule has 2 heterocycles. The molecule has 0 aromatic carbocycles. The molecule has 1 aliphatic carbocycles. The molecule has 2 aromatic heterocycles. The highest BCUT2D eigenvalue weighted by atomic mass is 16.5.